The Hall–Kier alpha value is -0.990. The molecule has 0 aliphatic carbocycles. The lowest BCUT2D eigenvalue weighted by molar-refractivity contribution is -0.142. The van der Waals surface area contributed by atoms with Crippen LogP contribution in [0.5, 0.6) is 0 Å². The second-order valence-corrected chi connectivity index (χ2v) is 6.12. The van der Waals surface area contributed by atoms with Crippen LogP contribution < -0.4 is 16.8 Å². The van der Waals surface area contributed by atoms with E-state index in [1.807, 2.05) is 0 Å². The second kappa shape index (κ2) is 7.56. The summed E-state index contributed by atoms with van der Waals surface area (Å²) in [5.41, 5.74) is 10.5. The number of hydrogen-bond acceptors (Lipinski definition) is 5. The summed E-state index contributed by atoms with van der Waals surface area (Å²) in [4.78, 5) is 39.7. The number of carboxylic acids is 1. The molecule has 9 nitrogen and oxygen atoms in total. The van der Waals surface area contributed by atoms with Crippen LogP contribution in [0, 0.1) is 0 Å². The summed E-state index contributed by atoms with van der Waals surface area (Å²) in [7, 11) is -4.36. The van der Waals surface area contributed by atoms with Crippen LogP contribution in [0.4, 0.5) is 0 Å². The molecule has 0 aliphatic rings. The Morgan fingerprint density at radius 3 is 2.16 bits per heavy atom. The molecule has 8 N–H and O–H groups in total. The van der Waals surface area contributed by atoms with Gasteiger partial charge in [-0.3, -0.25) is 9.36 Å². The van der Waals surface area contributed by atoms with Crippen molar-refractivity contribution in [2.75, 3.05) is 0 Å². The van der Waals surface area contributed by atoms with Crippen LogP contribution in [0.1, 0.15) is 26.2 Å². The van der Waals surface area contributed by atoms with Gasteiger partial charge < -0.3 is 31.7 Å². The smallest absolute Gasteiger partial charge is 0.342 e. The molecular weight excluding hydrogens is 277 g/mol. The van der Waals surface area contributed by atoms with E-state index in [-0.39, 0.29) is 19.3 Å². The van der Waals surface area contributed by atoms with E-state index in [2.05, 4.69) is 5.32 Å². The number of carbonyl (C=O) groups is 2. The number of carbonyl (C=O) groups excluding carboxylic acids is 1. The average molecular weight is 297 g/mol. The number of hydrogen-bond donors (Lipinski definition) is 6. The van der Waals surface area contributed by atoms with Crippen LogP contribution in [0.15, 0.2) is 0 Å². The lowest BCUT2D eigenvalue weighted by atomic mass is 10.1. The molecule has 1 amide bonds. The molecule has 19 heavy (non-hydrogen) atoms. The number of rotatable bonds is 8. The van der Waals surface area contributed by atoms with Crippen molar-refractivity contribution in [2.24, 2.45) is 11.5 Å². The monoisotopic (exact) mass is 297 g/mol. The van der Waals surface area contributed by atoms with Gasteiger partial charge in [0.05, 0.1) is 6.04 Å². The van der Waals surface area contributed by atoms with Crippen LogP contribution in [0.25, 0.3) is 0 Å². The van der Waals surface area contributed by atoms with E-state index in [9.17, 15) is 14.2 Å². The van der Waals surface area contributed by atoms with E-state index >= 15 is 0 Å². The molecule has 0 rings (SSSR count). The third kappa shape index (κ3) is 7.24. The molecule has 10 heteroatoms. The molecular formula is C9H20N3O6P. The van der Waals surface area contributed by atoms with Crippen LogP contribution in [-0.2, 0) is 14.2 Å². The van der Waals surface area contributed by atoms with Gasteiger partial charge in [-0.15, -0.1) is 0 Å². The maximum absolute atomic E-state index is 11.3. The van der Waals surface area contributed by atoms with Crippen molar-refractivity contribution >= 4 is 19.5 Å². The lowest BCUT2D eigenvalue weighted by Gasteiger charge is -2.17. The minimum atomic E-state index is -4.36. The molecule has 112 valence electrons. The van der Waals surface area contributed by atoms with Crippen molar-refractivity contribution in [3.63, 3.8) is 0 Å². The van der Waals surface area contributed by atoms with Gasteiger partial charge in [0, 0.05) is 0 Å². The van der Waals surface area contributed by atoms with Crippen LogP contribution in [0.2, 0.25) is 0 Å². The Balaban J connectivity index is 4.28. The fourth-order valence-electron chi connectivity index (χ4n) is 1.26. The molecule has 0 spiro atoms. The molecule has 0 heterocycles. The van der Waals surface area contributed by atoms with Gasteiger partial charge in [0.2, 0.25) is 5.91 Å². The standard InChI is InChI=1S/C9H20N3O6P/c1-5(10)8(13)12-6(9(14)15)3-2-4-7(11)19(16,17)18/h5-7H,2-4,10-11H2,1H3,(H,12,13)(H,14,15)(H2,16,17,18)/t5-,6-,7+/m0/s1. The van der Waals surface area contributed by atoms with Crippen LogP contribution >= 0.6 is 7.60 Å². The lowest BCUT2D eigenvalue weighted by Crippen LogP contribution is -2.47. The largest absolute Gasteiger partial charge is 0.480 e. The van der Waals surface area contributed by atoms with Crippen LogP contribution in [0.3, 0.4) is 0 Å². The highest BCUT2D eigenvalue weighted by molar-refractivity contribution is 7.52. The highest BCUT2D eigenvalue weighted by atomic mass is 31.2. The van der Waals surface area contributed by atoms with E-state index in [1.165, 1.54) is 6.92 Å². The zero-order chi connectivity index (χ0) is 15.2. The first kappa shape index (κ1) is 18.0. The molecule has 0 unspecified atom stereocenters. The van der Waals surface area contributed by atoms with Crippen molar-refractivity contribution in [1.82, 2.24) is 5.32 Å². The van der Waals surface area contributed by atoms with Gasteiger partial charge in [-0.05, 0) is 26.2 Å². The van der Waals surface area contributed by atoms with Gasteiger partial charge in [0.1, 0.15) is 11.8 Å². The molecule has 0 aromatic heterocycles. The summed E-state index contributed by atoms with van der Waals surface area (Å²) < 4.78 is 10.8. The highest BCUT2D eigenvalue weighted by Gasteiger charge is 2.26. The van der Waals surface area contributed by atoms with Crippen molar-refractivity contribution in [1.29, 1.82) is 0 Å². The minimum Gasteiger partial charge on any atom is -0.480 e. The molecule has 3 atom stereocenters. The summed E-state index contributed by atoms with van der Waals surface area (Å²) in [5, 5.41) is 11.1. The Kier molecular flexibility index (Phi) is 7.17. The van der Waals surface area contributed by atoms with E-state index in [0.29, 0.717) is 0 Å². The number of carboxylic acid groups (broad SMARTS) is 1. The van der Waals surface area contributed by atoms with E-state index in [1.54, 1.807) is 0 Å². The molecule has 0 aliphatic heterocycles. The predicted octanol–water partition coefficient (Wildman–Crippen LogP) is -1.46. The van der Waals surface area contributed by atoms with Crippen molar-refractivity contribution in [3.8, 4) is 0 Å². The number of aliphatic carboxylic acids is 1. The van der Waals surface area contributed by atoms with Crippen molar-refractivity contribution in [3.05, 3.63) is 0 Å². The molecule has 0 radical (unpaired) electrons. The number of amides is 1. The average Bonchev–Trinajstić information content (AvgIpc) is 2.25. The zero-order valence-electron chi connectivity index (χ0n) is 10.5. The predicted molar refractivity (Wildman–Crippen MR) is 67.1 cm³/mol. The molecule has 0 saturated carbocycles. The normalized spacial score (nSPS) is 16.5. The molecule has 0 bridgehead atoms. The maximum Gasteiger partial charge on any atom is 0.342 e. The van der Waals surface area contributed by atoms with E-state index < -0.39 is 37.3 Å². The number of nitrogens with one attached hydrogen (secondary N) is 1. The first-order valence-corrected chi connectivity index (χ1v) is 7.33. The minimum absolute atomic E-state index is 0.0154. The third-order valence-corrected chi connectivity index (χ3v) is 3.58. The fraction of sp³-hybridized carbons (Fsp3) is 0.778. The topological polar surface area (TPSA) is 176 Å². The third-order valence-electron chi connectivity index (χ3n) is 2.45. The maximum atomic E-state index is 11.3. The van der Waals surface area contributed by atoms with Gasteiger partial charge in [0.25, 0.3) is 0 Å². The Morgan fingerprint density at radius 1 is 1.26 bits per heavy atom. The summed E-state index contributed by atoms with van der Waals surface area (Å²) in [6, 6.07) is -1.98. The molecule has 0 aromatic carbocycles. The van der Waals surface area contributed by atoms with Gasteiger partial charge in [-0.25, -0.2) is 4.79 Å². The summed E-state index contributed by atoms with van der Waals surface area (Å²) in [6.07, 6.45) is 0.131. The Morgan fingerprint density at radius 2 is 1.79 bits per heavy atom. The summed E-state index contributed by atoms with van der Waals surface area (Å²) in [6.45, 7) is 1.41. The first-order valence-electron chi connectivity index (χ1n) is 5.65. The quantitative estimate of drug-likeness (QED) is 0.294. The van der Waals surface area contributed by atoms with Crippen molar-refractivity contribution in [2.45, 2.75) is 44.1 Å². The summed E-state index contributed by atoms with van der Waals surface area (Å²) in [5.74, 6) is -3.17. The molecule has 0 aromatic rings. The number of nitrogens with two attached hydrogens (primary N) is 2. The Bertz CT molecular complexity index is 369. The van der Waals surface area contributed by atoms with Gasteiger partial charge >= 0.3 is 13.6 Å². The second-order valence-electron chi connectivity index (χ2n) is 4.28. The molecule has 0 saturated heterocycles. The van der Waals surface area contributed by atoms with Crippen LogP contribution in [-0.4, -0.2) is 44.6 Å². The zero-order valence-corrected chi connectivity index (χ0v) is 11.4. The van der Waals surface area contributed by atoms with E-state index in [4.69, 9.17) is 26.4 Å². The van der Waals surface area contributed by atoms with E-state index in [0.717, 1.165) is 0 Å². The molecule has 0 fully saturated rings. The van der Waals surface area contributed by atoms with Crippen molar-refractivity contribution < 1.29 is 29.0 Å². The van der Waals surface area contributed by atoms with Gasteiger partial charge in [0.15, 0.2) is 0 Å². The summed E-state index contributed by atoms with van der Waals surface area (Å²) >= 11 is 0. The highest BCUT2D eigenvalue weighted by Crippen LogP contribution is 2.40. The van der Waals surface area contributed by atoms with Gasteiger partial charge in [-0.1, -0.05) is 0 Å². The fourth-order valence-corrected chi connectivity index (χ4v) is 1.78. The Labute approximate surface area is 110 Å². The first-order chi connectivity index (χ1) is 8.55. The SMILES string of the molecule is C[C@H](N)C(=O)N[C@@H](CCC[C@H](N)P(=O)(O)O)C(=O)O. The van der Waals surface area contributed by atoms with Gasteiger partial charge in [-0.2, -0.15) is 0 Å².